The third-order valence-electron chi connectivity index (χ3n) is 2.56. The molecule has 2 rings (SSSR count). The van der Waals surface area contributed by atoms with Gasteiger partial charge in [-0.05, 0) is 5.56 Å². The Morgan fingerprint density at radius 2 is 2.12 bits per heavy atom. The Balaban J connectivity index is 2.04. The molecule has 1 aliphatic rings. The second-order valence-electron chi connectivity index (χ2n) is 3.74. The van der Waals surface area contributed by atoms with Gasteiger partial charge in [0.1, 0.15) is 18.3 Å². The van der Waals surface area contributed by atoms with E-state index in [1.807, 2.05) is 30.3 Å². The lowest BCUT2D eigenvalue weighted by atomic mass is 10.1. The molecule has 0 amide bonds. The first-order valence-corrected chi connectivity index (χ1v) is 5.23. The number of ether oxygens (including phenoxy) is 2. The van der Waals surface area contributed by atoms with Gasteiger partial charge in [-0.15, -0.1) is 6.42 Å². The van der Waals surface area contributed by atoms with E-state index in [-0.39, 0.29) is 6.10 Å². The quantitative estimate of drug-likeness (QED) is 0.773. The monoisotopic (exact) mass is 218 g/mol. The van der Waals surface area contributed by atoms with Crippen LogP contribution in [0.5, 0.6) is 0 Å². The summed E-state index contributed by atoms with van der Waals surface area (Å²) < 4.78 is 10.8. The minimum Gasteiger partial charge on any atom is -0.388 e. The molecule has 1 unspecified atom stereocenters. The fourth-order valence-corrected chi connectivity index (χ4v) is 1.67. The van der Waals surface area contributed by atoms with E-state index in [4.69, 9.17) is 15.9 Å². The fraction of sp³-hybridized carbons (Fsp3) is 0.385. The summed E-state index contributed by atoms with van der Waals surface area (Å²) in [6.45, 7) is 0.711. The molecule has 0 saturated carbocycles. The number of hydrogen-bond acceptors (Lipinski definition) is 3. The van der Waals surface area contributed by atoms with Gasteiger partial charge in [0.15, 0.2) is 0 Å². The SMILES string of the molecule is C#CC(O[C@H]1COC[C@H]1O)c1ccccc1. The van der Waals surface area contributed by atoms with Gasteiger partial charge in [-0.2, -0.15) is 0 Å². The first-order chi connectivity index (χ1) is 7.81. The highest BCUT2D eigenvalue weighted by Gasteiger charge is 2.29. The summed E-state index contributed by atoms with van der Waals surface area (Å²) in [5, 5.41) is 9.56. The molecule has 0 bridgehead atoms. The van der Waals surface area contributed by atoms with Crippen LogP contribution >= 0.6 is 0 Å². The van der Waals surface area contributed by atoms with Crippen molar-refractivity contribution in [2.45, 2.75) is 18.3 Å². The molecule has 0 radical (unpaired) electrons. The van der Waals surface area contributed by atoms with Gasteiger partial charge in [-0.3, -0.25) is 0 Å². The van der Waals surface area contributed by atoms with Gasteiger partial charge in [0, 0.05) is 0 Å². The Morgan fingerprint density at radius 1 is 1.38 bits per heavy atom. The third-order valence-corrected chi connectivity index (χ3v) is 2.56. The van der Waals surface area contributed by atoms with Gasteiger partial charge in [0.05, 0.1) is 13.2 Å². The average Bonchev–Trinajstić information content (AvgIpc) is 2.73. The molecule has 3 atom stereocenters. The highest BCUT2D eigenvalue weighted by atomic mass is 16.6. The summed E-state index contributed by atoms with van der Waals surface area (Å²) in [4.78, 5) is 0. The van der Waals surface area contributed by atoms with E-state index >= 15 is 0 Å². The molecular formula is C13H14O3. The van der Waals surface area contributed by atoms with Gasteiger partial charge in [-0.25, -0.2) is 0 Å². The molecule has 16 heavy (non-hydrogen) atoms. The first-order valence-electron chi connectivity index (χ1n) is 5.23. The van der Waals surface area contributed by atoms with E-state index in [0.717, 1.165) is 5.56 Å². The van der Waals surface area contributed by atoms with Gasteiger partial charge in [-0.1, -0.05) is 36.3 Å². The normalized spacial score (nSPS) is 26.2. The van der Waals surface area contributed by atoms with Crippen LogP contribution in [-0.2, 0) is 9.47 Å². The van der Waals surface area contributed by atoms with Crippen molar-refractivity contribution in [1.29, 1.82) is 0 Å². The molecule has 1 aliphatic heterocycles. The van der Waals surface area contributed by atoms with Crippen LogP contribution < -0.4 is 0 Å². The minimum atomic E-state index is -0.584. The fourth-order valence-electron chi connectivity index (χ4n) is 1.67. The molecule has 84 valence electrons. The maximum atomic E-state index is 9.56. The van der Waals surface area contributed by atoms with Crippen LogP contribution in [0.15, 0.2) is 30.3 Å². The Hall–Kier alpha value is -1.34. The molecule has 1 aromatic carbocycles. The van der Waals surface area contributed by atoms with Crippen molar-refractivity contribution in [3.63, 3.8) is 0 Å². The zero-order valence-corrected chi connectivity index (χ0v) is 8.87. The van der Waals surface area contributed by atoms with Crippen LogP contribution in [0, 0.1) is 12.3 Å². The number of terminal acetylenes is 1. The van der Waals surface area contributed by atoms with E-state index in [1.54, 1.807) is 0 Å². The molecule has 1 N–H and O–H groups in total. The molecule has 3 heteroatoms. The van der Waals surface area contributed by atoms with Gasteiger partial charge in [0.25, 0.3) is 0 Å². The molecule has 1 heterocycles. The van der Waals surface area contributed by atoms with E-state index in [9.17, 15) is 5.11 Å². The van der Waals surface area contributed by atoms with E-state index < -0.39 is 12.2 Å². The largest absolute Gasteiger partial charge is 0.388 e. The molecular weight excluding hydrogens is 204 g/mol. The van der Waals surface area contributed by atoms with Crippen molar-refractivity contribution in [1.82, 2.24) is 0 Å². The van der Waals surface area contributed by atoms with Gasteiger partial charge >= 0.3 is 0 Å². The zero-order valence-electron chi connectivity index (χ0n) is 8.87. The predicted molar refractivity (Wildman–Crippen MR) is 59.7 cm³/mol. The molecule has 0 aromatic heterocycles. The van der Waals surface area contributed by atoms with Crippen LogP contribution in [0.4, 0.5) is 0 Å². The summed E-state index contributed by atoms with van der Waals surface area (Å²) in [5.41, 5.74) is 0.920. The van der Waals surface area contributed by atoms with Crippen LogP contribution in [0.1, 0.15) is 11.7 Å². The Morgan fingerprint density at radius 3 is 2.69 bits per heavy atom. The third kappa shape index (κ3) is 2.42. The van der Waals surface area contributed by atoms with Crippen molar-refractivity contribution in [3.05, 3.63) is 35.9 Å². The molecule has 1 saturated heterocycles. The summed E-state index contributed by atoms with van der Waals surface area (Å²) in [6, 6.07) is 9.55. The lowest BCUT2D eigenvalue weighted by Crippen LogP contribution is -2.28. The first kappa shape index (κ1) is 11.2. The van der Waals surface area contributed by atoms with Crippen molar-refractivity contribution in [2.75, 3.05) is 13.2 Å². The lowest BCUT2D eigenvalue weighted by molar-refractivity contribution is -0.0349. The standard InChI is InChI=1S/C13H14O3/c1-2-12(10-6-4-3-5-7-10)16-13-9-15-8-11(13)14/h1,3-7,11-14H,8-9H2/t11-,12?,13+/m1/s1. The average molecular weight is 218 g/mol. The van der Waals surface area contributed by atoms with Crippen molar-refractivity contribution in [2.24, 2.45) is 0 Å². The zero-order chi connectivity index (χ0) is 11.4. The highest BCUT2D eigenvalue weighted by molar-refractivity contribution is 5.23. The van der Waals surface area contributed by atoms with Crippen molar-refractivity contribution >= 4 is 0 Å². The van der Waals surface area contributed by atoms with Gasteiger partial charge < -0.3 is 14.6 Å². The van der Waals surface area contributed by atoms with Crippen LogP contribution in [-0.4, -0.2) is 30.5 Å². The van der Waals surface area contributed by atoms with Gasteiger partial charge in [0.2, 0.25) is 0 Å². The summed E-state index contributed by atoms with van der Waals surface area (Å²) in [5.74, 6) is 2.58. The molecule has 1 aromatic rings. The summed E-state index contributed by atoms with van der Waals surface area (Å²) in [6.07, 6.45) is 4.09. The maximum Gasteiger partial charge on any atom is 0.143 e. The molecule has 3 nitrogen and oxygen atoms in total. The predicted octanol–water partition coefficient (Wildman–Crippen LogP) is 1.14. The summed E-state index contributed by atoms with van der Waals surface area (Å²) >= 11 is 0. The van der Waals surface area contributed by atoms with E-state index in [0.29, 0.717) is 13.2 Å². The topological polar surface area (TPSA) is 38.7 Å². The van der Waals surface area contributed by atoms with Crippen LogP contribution in [0.25, 0.3) is 0 Å². The summed E-state index contributed by atoms with van der Waals surface area (Å²) in [7, 11) is 0. The number of hydrogen-bond donors (Lipinski definition) is 1. The number of benzene rings is 1. The molecule has 0 aliphatic carbocycles. The smallest absolute Gasteiger partial charge is 0.143 e. The minimum absolute atomic E-state index is 0.316. The van der Waals surface area contributed by atoms with Crippen LogP contribution in [0.3, 0.4) is 0 Å². The van der Waals surface area contributed by atoms with E-state index in [2.05, 4.69) is 5.92 Å². The maximum absolute atomic E-state index is 9.56. The Labute approximate surface area is 95.0 Å². The van der Waals surface area contributed by atoms with Crippen molar-refractivity contribution < 1.29 is 14.6 Å². The number of aliphatic hydroxyl groups excluding tert-OH is 1. The van der Waals surface area contributed by atoms with Crippen LogP contribution in [0.2, 0.25) is 0 Å². The van der Waals surface area contributed by atoms with Crippen molar-refractivity contribution in [3.8, 4) is 12.3 Å². The molecule has 0 spiro atoms. The highest BCUT2D eigenvalue weighted by Crippen LogP contribution is 2.21. The number of rotatable bonds is 3. The Bertz CT molecular complexity index is 369. The lowest BCUT2D eigenvalue weighted by Gasteiger charge is -2.19. The molecule has 1 fully saturated rings. The second kappa shape index (κ2) is 5.13. The second-order valence-corrected chi connectivity index (χ2v) is 3.74. The Kier molecular flexibility index (Phi) is 3.58. The van der Waals surface area contributed by atoms with E-state index in [1.165, 1.54) is 0 Å². The number of aliphatic hydroxyl groups is 1.